The Hall–Kier alpha value is -4.18. The molecule has 1 aliphatic heterocycles. The van der Waals surface area contributed by atoms with Gasteiger partial charge in [-0.05, 0) is 43.7 Å². The van der Waals surface area contributed by atoms with Crippen LogP contribution in [0.5, 0.6) is 11.5 Å². The molecule has 186 valence electrons. The van der Waals surface area contributed by atoms with E-state index in [1.54, 1.807) is 55.5 Å². The Morgan fingerprint density at radius 2 is 1.83 bits per heavy atom. The molecule has 9 nitrogen and oxygen atoms in total. The summed E-state index contributed by atoms with van der Waals surface area (Å²) in [7, 11) is 2.74. The monoisotopic (exact) mass is 508 g/mol. The zero-order chi connectivity index (χ0) is 26.0. The van der Waals surface area contributed by atoms with E-state index in [2.05, 4.69) is 4.98 Å². The highest BCUT2D eigenvalue weighted by atomic mass is 32.1. The van der Waals surface area contributed by atoms with Crippen LogP contribution in [0, 0.1) is 6.92 Å². The third kappa shape index (κ3) is 4.42. The Morgan fingerprint density at radius 3 is 2.47 bits per heavy atom. The second kappa shape index (κ2) is 10.2. The first-order chi connectivity index (χ1) is 17.3. The van der Waals surface area contributed by atoms with E-state index in [0.717, 1.165) is 11.3 Å². The summed E-state index contributed by atoms with van der Waals surface area (Å²) in [6, 6.07) is 12.4. The van der Waals surface area contributed by atoms with Crippen molar-refractivity contribution in [3.05, 3.63) is 75.8 Å². The van der Waals surface area contributed by atoms with Crippen molar-refractivity contribution in [1.82, 2.24) is 4.98 Å². The Bertz CT molecular complexity index is 1360. The van der Waals surface area contributed by atoms with Gasteiger partial charge in [-0.1, -0.05) is 35.6 Å². The predicted octanol–water partition coefficient (Wildman–Crippen LogP) is 4.27. The second-order valence-corrected chi connectivity index (χ2v) is 8.78. The lowest BCUT2D eigenvalue weighted by Crippen LogP contribution is -2.29. The largest absolute Gasteiger partial charge is 0.507 e. The molecule has 1 aromatic heterocycles. The van der Waals surface area contributed by atoms with Gasteiger partial charge >= 0.3 is 11.9 Å². The molecule has 1 aliphatic rings. The van der Waals surface area contributed by atoms with Crippen LogP contribution >= 0.6 is 11.3 Å². The lowest BCUT2D eigenvalue weighted by molar-refractivity contribution is -0.132. The van der Waals surface area contributed by atoms with Crippen LogP contribution in [-0.4, -0.2) is 48.6 Å². The van der Waals surface area contributed by atoms with Crippen LogP contribution < -0.4 is 14.4 Å². The lowest BCUT2D eigenvalue weighted by atomic mass is 9.95. The van der Waals surface area contributed by atoms with Crippen LogP contribution in [0.4, 0.5) is 5.13 Å². The normalized spacial score (nSPS) is 16.8. The molecule has 1 fully saturated rings. The van der Waals surface area contributed by atoms with E-state index >= 15 is 0 Å². The molecule has 1 amide bonds. The molecule has 10 heteroatoms. The summed E-state index contributed by atoms with van der Waals surface area (Å²) >= 11 is 0.939. The number of rotatable bonds is 7. The number of nitrogens with zero attached hydrogens (tertiary/aromatic N) is 2. The number of aromatic nitrogens is 1. The fraction of sp³-hybridized carbons (Fsp3) is 0.231. The van der Waals surface area contributed by atoms with Crippen molar-refractivity contribution in [2.45, 2.75) is 19.9 Å². The molecular weight excluding hydrogens is 484 g/mol. The van der Waals surface area contributed by atoms with E-state index in [0.29, 0.717) is 34.9 Å². The number of amides is 1. The Balaban J connectivity index is 1.91. The van der Waals surface area contributed by atoms with Gasteiger partial charge in [-0.25, -0.2) is 9.78 Å². The Labute approximate surface area is 211 Å². The number of ketones is 1. The summed E-state index contributed by atoms with van der Waals surface area (Å²) < 4.78 is 15.6. The highest BCUT2D eigenvalue weighted by Gasteiger charge is 2.48. The van der Waals surface area contributed by atoms with Gasteiger partial charge in [0.25, 0.3) is 5.78 Å². The van der Waals surface area contributed by atoms with Gasteiger partial charge in [0.05, 0.1) is 38.1 Å². The summed E-state index contributed by atoms with van der Waals surface area (Å²) in [5.74, 6) is -1.60. The standard InChI is InChI=1S/C26H24N2O7S/c1-5-35-17-11-9-15(10-12-17)20-19(21(29)16-7-6-8-18(13-16)33-3)22(30)24(31)28(20)26-27-14(2)23(36-26)25(32)34-4/h6-13,20,29H,5H2,1-4H3. The summed E-state index contributed by atoms with van der Waals surface area (Å²) in [6.07, 6.45) is 0. The summed E-state index contributed by atoms with van der Waals surface area (Å²) in [5.41, 5.74) is 1.12. The molecule has 0 bridgehead atoms. The van der Waals surface area contributed by atoms with E-state index in [1.165, 1.54) is 19.1 Å². The molecule has 0 radical (unpaired) electrons. The number of anilines is 1. The first-order valence-corrected chi connectivity index (χ1v) is 11.9. The minimum Gasteiger partial charge on any atom is -0.507 e. The van der Waals surface area contributed by atoms with Crippen LogP contribution in [0.3, 0.4) is 0 Å². The van der Waals surface area contributed by atoms with Crippen molar-refractivity contribution in [1.29, 1.82) is 0 Å². The maximum absolute atomic E-state index is 13.3. The summed E-state index contributed by atoms with van der Waals surface area (Å²) in [4.78, 5) is 44.6. The van der Waals surface area contributed by atoms with E-state index in [1.807, 2.05) is 6.92 Å². The Kier molecular flexibility index (Phi) is 7.07. The minimum atomic E-state index is -0.997. The highest BCUT2D eigenvalue weighted by molar-refractivity contribution is 7.17. The number of hydrogen-bond acceptors (Lipinski definition) is 9. The fourth-order valence-corrected chi connectivity index (χ4v) is 4.96. The topological polar surface area (TPSA) is 115 Å². The van der Waals surface area contributed by atoms with Gasteiger partial charge in [-0.15, -0.1) is 0 Å². The summed E-state index contributed by atoms with van der Waals surface area (Å²) in [6.45, 7) is 3.95. The van der Waals surface area contributed by atoms with Gasteiger partial charge in [0.15, 0.2) is 5.13 Å². The number of aliphatic hydroxyl groups excluding tert-OH is 1. The lowest BCUT2D eigenvalue weighted by Gasteiger charge is -2.23. The van der Waals surface area contributed by atoms with E-state index in [4.69, 9.17) is 14.2 Å². The average molecular weight is 509 g/mol. The number of Topliss-reactive ketones (excluding diaryl/α,β-unsaturated/α-hetero) is 1. The number of methoxy groups -OCH3 is 2. The van der Waals surface area contributed by atoms with Gasteiger partial charge in [0, 0.05) is 5.56 Å². The first kappa shape index (κ1) is 24.9. The number of esters is 1. The van der Waals surface area contributed by atoms with Crippen LogP contribution in [0.15, 0.2) is 54.1 Å². The van der Waals surface area contributed by atoms with Crippen LogP contribution in [0.1, 0.15) is 39.5 Å². The molecule has 1 atom stereocenters. The van der Waals surface area contributed by atoms with Crippen molar-refractivity contribution < 1.29 is 33.7 Å². The van der Waals surface area contributed by atoms with E-state index in [9.17, 15) is 19.5 Å². The average Bonchev–Trinajstić information content (AvgIpc) is 3.40. The number of thiazole rings is 1. The molecule has 0 aliphatic carbocycles. The molecule has 2 heterocycles. The predicted molar refractivity (Wildman–Crippen MR) is 134 cm³/mol. The number of aryl methyl sites for hydroxylation is 1. The summed E-state index contributed by atoms with van der Waals surface area (Å²) in [5, 5.41) is 11.4. The third-order valence-corrected chi connectivity index (χ3v) is 6.79. The van der Waals surface area contributed by atoms with Crippen molar-refractivity contribution >= 4 is 39.9 Å². The number of carbonyl (C=O) groups excluding carboxylic acids is 3. The van der Waals surface area contributed by atoms with Gasteiger partial charge in [0.1, 0.15) is 22.1 Å². The molecule has 4 rings (SSSR count). The maximum Gasteiger partial charge on any atom is 0.350 e. The molecule has 3 aromatic rings. The van der Waals surface area contributed by atoms with E-state index < -0.39 is 23.7 Å². The number of aliphatic hydroxyl groups is 1. The minimum absolute atomic E-state index is 0.107. The van der Waals surface area contributed by atoms with Crippen molar-refractivity contribution in [3.63, 3.8) is 0 Å². The van der Waals surface area contributed by atoms with Crippen LogP contribution in [0.2, 0.25) is 0 Å². The molecule has 1 N–H and O–H groups in total. The zero-order valence-corrected chi connectivity index (χ0v) is 20.9. The number of benzene rings is 2. The van der Waals surface area contributed by atoms with Gasteiger partial charge in [-0.3, -0.25) is 14.5 Å². The van der Waals surface area contributed by atoms with Crippen LogP contribution in [-0.2, 0) is 14.3 Å². The number of ether oxygens (including phenoxy) is 3. The maximum atomic E-state index is 13.3. The first-order valence-electron chi connectivity index (χ1n) is 11.0. The number of carbonyl (C=O) groups is 3. The SMILES string of the molecule is CCOc1ccc(C2C(=C(O)c3cccc(OC)c3)C(=O)C(=O)N2c2nc(C)c(C(=O)OC)s2)cc1. The molecular formula is C26H24N2O7S. The van der Waals surface area contributed by atoms with Gasteiger partial charge < -0.3 is 19.3 Å². The molecule has 1 unspecified atom stereocenters. The highest BCUT2D eigenvalue weighted by Crippen LogP contribution is 2.44. The Morgan fingerprint density at radius 1 is 1.11 bits per heavy atom. The zero-order valence-electron chi connectivity index (χ0n) is 20.1. The molecule has 1 saturated heterocycles. The number of hydrogen-bond donors (Lipinski definition) is 1. The molecule has 2 aromatic carbocycles. The van der Waals surface area contributed by atoms with Crippen molar-refractivity contribution in [2.24, 2.45) is 0 Å². The van der Waals surface area contributed by atoms with E-state index in [-0.39, 0.29) is 21.3 Å². The van der Waals surface area contributed by atoms with Crippen molar-refractivity contribution in [3.8, 4) is 11.5 Å². The van der Waals surface area contributed by atoms with Gasteiger partial charge in [0.2, 0.25) is 0 Å². The third-order valence-electron chi connectivity index (χ3n) is 5.66. The molecule has 0 spiro atoms. The van der Waals surface area contributed by atoms with Crippen molar-refractivity contribution in [2.75, 3.05) is 25.7 Å². The molecule has 36 heavy (non-hydrogen) atoms. The van der Waals surface area contributed by atoms with Crippen LogP contribution in [0.25, 0.3) is 5.76 Å². The molecule has 0 saturated carbocycles. The second-order valence-electron chi connectivity index (χ2n) is 7.81. The quantitative estimate of drug-likeness (QED) is 0.218. The van der Waals surface area contributed by atoms with Gasteiger partial charge in [-0.2, -0.15) is 0 Å². The fourth-order valence-electron chi connectivity index (χ4n) is 3.95. The smallest absolute Gasteiger partial charge is 0.350 e.